The van der Waals surface area contributed by atoms with Crippen LogP contribution in [0.5, 0.6) is 0 Å². The molecule has 1 heterocycles. The first-order valence-electron chi connectivity index (χ1n) is 6.10. The van der Waals surface area contributed by atoms with Crippen LogP contribution in [0.4, 0.5) is 11.4 Å². The zero-order valence-electron chi connectivity index (χ0n) is 10.9. The van der Waals surface area contributed by atoms with Crippen LogP contribution < -0.4 is 10.6 Å². The molecule has 0 radical (unpaired) electrons. The lowest BCUT2D eigenvalue weighted by atomic mass is 10.1. The van der Waals surface area contributed by atoms with E-state index in [1.807, 2.05) is 6.07 Å². The van der Waals surface area contributed by atoms with E-state index in [1.54, 1.807) is 25.2 Å². The molecule has 1 aromatic carbocycles. The molecule has 0 fully saturated rings. The summed E-state index contributed by atoms with van der Waals surface area (Å²) in [6, 6.07) is 7.15. The number of amides is 1. The summed E-state index contributed by atoms with van der Waals surface area (Å²) in [7, 11) is 1.55. The van der Waals surface area contributed by atoms with Crippen molar-refractivity contribution in [1.29, 1.82) is 0 Å². The normalized spacial score (nSPS) is 10.2. The minimum atomic E-state index is -0.484. The summed E-state index contributed by atoms with van der Waals surface area (Å²) in [5, 5.41) is 17.2. The van der Waals surface area contributed by atoms with Crippen LogP contribution in [0.15, 0.2) is 30.5 Å². The van der Waals surface area contributed by atoms with Crippen LogP contribution in [0.3, 0.4) is 0 Å². The van der Waals surface area contributed by atoms with Crippen molar-refractivity contribution in [3.8, 4) is 0 Å². The second kappa shape index (κ2) is 5.96. The number of para-hydroxylation sites is 1. The summed E-state index contributed by atoms with van der Waals surface area (Å²) in [5.74, 6) is -0.126. The van der Waals surface area contributed by atoms with Gasteiger partial charge in [0.2, 0.25) is 5.91 Å². The topological polar surface area (TPSA) is 97.2 Å². The number of nitrogens with zero attached hydrogens (tertiary/aromatic N) is 2. The molecule has 7 heteroatoms. The number of benzene rings is 1. The predicted molar refractivity (Wildman–Crippen MR) is 75.6 cm³/mol. The predicted octanol–water partition coefficient (Wildman–Crippen LogP) is 1.69. The Morgan fingerprint density at radius 1 is 1.40 bits per heavy atom. The quantitative estimate of drug-likeness (QED) is 0.638. The summed E-state index contributed by atoms with van der Waals surface area (Å²) in [4.78, 5) is 25.8. The number of anilines is 1. The Hall–Kier alpha value is -2.70. The average Bonchev–Trinajstić information content (AvgIpc) is 2.46. The van der Waals surface area contributed by atoms with Crippen molar-refractivity contribution in [1.82, 2.24) is 10.3 Å². The van der Waals surface area contributed by atoms with E-state index in [-0.39, 0.29) is 18.0 Å². The van der Waals surface area contributed by atoms with Gasteiger partial charge < -0.3 is 10.6 Å². The Kier molecular flexibility index (Phi) is 4.09. The van der Waals surface area contributed by atoms with Gasteiger partial charge in [0, 0.05) is 25.4 Å². The van der Waals surface area contributed by atoms with E-state index in [9.17, 15) is 14.9 Å². The highest BCUT2D eigenvalue weighted by Gasteiger charge is 2.17. The van der Waals surface area contributed by atoms with E-state index >= 15 is 0 Å². The highest BCUT2D eigenvalue weighted by atomic mass is 16.6. The molecule has 0 aliphatic carbocycles. The summed E-state index contributed by atoms with van der Waals surface area (Å²) in [6.07, 6.45) is 1.47. The van der Waals surface area contributed by atoms with Crippen LogP contribution in [0.2, 0.25) is 0 Å². The zero-order chi connectivity index (χ0) is 14.5. The molecule has 2 N–H and O–H groups in total. The number of rotatable bonds is 5. The van der Waals surface area contributed by atoms with Crippen molar-refractivity contribution in [3.05, 3.63) is 40.6 Å². The van der Waals surface area contributed by atoms with E-state index in [4.69, 9.17) is 0 Å². The molecule has 2 rings (SSSR count). The van der Waals surface area contributed by atoms with Crippen LogP contribution in [0, 0.1) is 10.1 Å². The summed E-state index contributed by atoms with van der Waals surface area (Å²) >= 11 is 0. The SMILES string of the molecule is CNC(=O)CCNc1c([N+](=O)[O-])cnc2ccccc12. The molecule has 0 aliphatic rings. The molecular formula is C13H14N4O3. The van der Waals surface area contributed by atoms with Crippen molar-refractivity contribution in [3.63, 3.8) is 0 Å². The minimum Gasteiger partial charge on any atom is -0.378 e. The van der Waals surface area contributed by atoms with Gasteiger partial charge in [-0.25, -0.2) is 4.98 Å². The summed E-state index contributed by atoms with van der Waals surface area (Å²) in [6.45, 7) is 0.314. The van der Waals surface area contributed by atoms with Crippen molar-refractivity contribution in [2.75, 3.05) is 18.9 Å². The van der Waals surface area contributed by atoms with Crippen molar-refractivity contribution < 1.29 is 9.72 Å². The first kappa shape index (κ1) is 13.7. The largest absolute Gasteiger partial charge is 0.378 e. The van der Waals surface area contributed by atoms with Gasteiger partial charge in [-0.05, 0) is 6.07 Å². The molecule has 0 saturated heterocycles. The number of hydrogen-bond acceptors (Lipinski definition) is 5. The Labute approximate surface area is 115 Å². The second-order valence-corrected chi connectivity index (χ2v) is 4.14. The van der Waals surface area contributed by atoms with E-state index in [0.29, 0.717) is 23.1 Å². The minimum absolute atomic E-state index is 0.0967. The number of carbonyl (C=O) groups is 1. The molecular weight excluding hydrogens is 260 g/mol. The maximum Gasteiger partial charge on any atom is 0.311 e. The first-order valence-corrected chi connectivity index (χ1v) is 6.10. The van der Waals surface area contributed by atoms with E-state index in [2.05, 4.69) is 15.6 Å². The van der Waals surface area contributed by atoms with Crippen LogP contribution in [0.25, 0.3) is 10.9 Å². The third-order valence-electron chi connectivity index (χ3n) is 2.88. The van der Waals surface area contributed by atoms with E-state index < -0.39 is 4.92 Å². The molecule has 20 heavy (non-hydrogen) atoms. The Bertz CT molecular complexity index is 657. The number of hydrogen-bond donors (Lipinski definition) is 2. The lowest BCUT2D eigenvalue weighted by molar-refractivity contribution is -0.384. The second-order valence-electron chi connectivity index (χ2n) is 4.14. The van der Waals surface area contributed by atoms with Gasteiger partial charge in [-0.3, -0.25) is 14.9 Å². The summed E-state index contributed by atoms with van der Waals surface area (Å²) < 4.78 is 0. The summed E-state index contributed by atoms with van der Waals surface area (Å²) in [5.41, 5.74) is 0.964. The van der Waals surface area contributed by atoms with Gasteiger partial charge in [0.05, 0.1) is 10.4 Å². The monoisotopic (exact) mass is 274 g/mol. The fourth-order valence-electron chi connectivity index (χ4n) is 1.88. The van der Waals surface area contributed by atoms with Gasteiger partial charge in [-0.15, -0.1) is 0 Å². The van der Waals surface area contributed by atoms with Crippen LogP contribution >= 0.6 is 0 Å². The van der Waals surface area contributed by atoms with Crippen molar-refractivity contribution in [2.24, 2.45) is 0 Å². The number of fused-ring (bicyclic) bond motifs is 1. The van der Waals surface area contributed by atoms with Crippen molar-refractivity contribution in [2.45, 2.75) is 6.42 Å². The van der Waals surface area contributed by atoms with Gasteiger partial charge in [-0.1, -0.05) is 18.2 Å². The third kappa shape index (κ3) is 2.82. The third-order valence-corrected chi connectivity index (χ3v) is 2.88. The number of nitrogens with one attached hydrogen (secondary N) is 2. The smallest absolute Gasteiger partial charge is 0.311 e. The zero-order valence-corrected chi connectivity index (χ0v) is 10.9. The molecule has 1 aromatic heterocycles. The number of carbonyl (C=O) groups excluding carboxylic acids is 1. The standard InChI is InChI=1S/C13H14N4O3/c1-14-12(18)6-7-15-13-9-4-2-3-5-10(9)16-8-11(13)17(19)20/h2-5,8H,6-7H2,1H3,(H,14,18)(H,15,16). The molecule has 0 bridgehead atoms. The molecule has 0 saturated carbocycles. The average molecular weight is 274 g/mol. The number of aromatic nitrogens is 1. The fraction of sp³-hybridized carbons (Fsp3) is 0.231. The van der Waals surface area contributed by atoms with Gasteiger partial charge in [0.1, 0.15) is 11.9 Å². The molecule has 1 amide bonds. The van der Waals surface area contributed by atoms with Crippen LogP contribution in [-0.4, -0.2) is 29.4 Å². The molecule has 0 unspecified atom stereocenters. The maximum atomic E-state index is 11.2. The molecule has 2 aromatic rings. The van der Waals surface area contributed by atoms with Crippen LogP contribution in [0.1, 0.15) is 6.42 Å². The Morgan fingerprint density at radius 3 is 2.85 bits per heavy atom. The fourth-order valence-corrected chi connectivity index (χ4v) is 1.88. The maximum absolute atomic E-state index is 11.2. The molecule has 0 aliphatic heterocycles. The lowest BCUT2D eigenvalue weighted by Crippen LogP contribution is -2.21. The molecule has 0 spiro atoms. The van der Waals surface area contributed by atoms with Gasteiger partial charge >= 0.3 is 5.69 Å². The van der Waals surface area contributed by atoms with Crippen molar-refractivity contribution >= 4 is 28.2 Å². The highest BCUT2D eigenvalue weighted by Crippen LogP contribution is 2.31. The van der Waals surface area contributed by atoms with E-state index in [0.717, 1.165) is 0 Å². The van der Waals surface area contributed by atoms with Gasteiger partial charge in [-0.2, -0.15) is 0 Å². The number of pyridine rings is 1. The Balaban J connectivity index is 2.34. The first-order chi connectivity index (χ1) is 9.63. The van der Waals surface area contributed by atoms with Gasteiger partial charge in [0.15, 0.2) is 0 Å². The van der Waals surface area contributed by atoms with Gasteiger partial charge in [0.25, 0.3) is 0 Å². The molecule has 104 valence electrons. The molecule has 7 nitrogen and oxygen atoms in total. The van der Waals surface area contributed by atoms with Crippen LogP contribution in [-0.2, 0) is 4.79 Å². The molecule has 0 atom stereocenters. The highest BCUT2D eigenvalue weighted by molar-refractivity contribution is 5.95. The lowest BCUT2D eigenvalue weighted by Gasteiger charge is -2.09. The number of nitro groups is 1. The Morgan fingerprint density at radius 2 is 2.15 bits per heavy atom. The van der Waals surface area contributed by atoms with E-state index in [1.165, 1.54) is 6.20 Å².